The molecule has 0 bridgehead atoms. The van der Waals surface area contributed by atoms with Gasteiger partial charge >= 0.3 is 0 Å². The molecule has 1 aliphatic heterocycles. The van der Waals surface area contributed by atoms with Gasteiger partial charge in [0.25, 0.3) is 0 Å². The minimum atomic E-state index is -3.59. The van der Waals surface area contributed by atoms with Gasteiger partial charge in [0.2, 0.25) is 15.9 Å². The summed E-state index contributed by atoms with van der Waals surface area (Å²) in [5, 5.41) is 2.88. The Bertz CT molecular complexity index is 783. The monoisotopic (exact) mass is 411 g/mol. The molecule has 1 fully saturated rings. The van der Waals surface area contributed by atoms with E-state index < -0.39 is 10.0 Å². The molecular weight excluding hydrogens is 378 g/mol. The lowest BCUT2D eigenvalue weighted by Gasteiger charge is -2.38. The number of amides is 1. The molecule has 2 rings (SSSR count). The highest BCUT2D eigenvalue weighted by Crippen LogP contribution is 2.24. The zero-order valence-corrected chi connectivity index (χ0v) is 18.5. The quantitative estimate of drug-likeness (QED) is 0.746. The fourth-order valence-corrected chi connectivity index (χ4v) is 5.31. The third kappa shape index (κ3) is 5.11. The molecule has 0 radical (unpaired) electrons. The van der Waals surface area contributed by atoms with Crippen molar-refractivity contribution in [1.29, 1.82) is 0 Å². The lowest BCUT2D eigenvalue weighted by atomic mass is 10.1. The summed E-state index contributed by atoms with van der Waals surface area (Å²) in [5.41, 5.74) is 1.15. The van der Waals surface area contributed by atoms with Gasteiger partial charge in [-0.1, -0.05) is 19.9 Å². The van der Waals surface area contributed by atoms with Gasteiger partial charge in [-0.2, -0.15) is 4.31 Å². The van der Waals surface area contributed by atoms with E-state index in [1.807, 2.05) is 34.6 Å². The number of hydrogen-bond donors (Lipinski definition) is 1. The van der Waals surface area contributed by atoms with E-state index in [-0.39, 0.29) is 29.1 Å². The first-order valence-electron chi connectivity index (χ1n) is 9.91. The summed E-state index contributed by atoms with van der Waals surface area (Å²) in [6, 6.07) is 4.69. The highest BCUT2D eigenvalue weighted by molar-refractivity contribution is 7.89. The van der Waals surface area contributed by atoms with Crippen LogP contribution in [0.15, 0.2) is 23.1 Å². The maximum Gasteiger partial charge on any atom is 0.243 e. The van der Waals surface area contributed by atoms with Crippen molar-refractivity contribution in [3.8, 4) is 0 Å². The van der Waals surface area contributed by atoms with Crippen molar-refractivity contribution in [2.45, 2.75) is 64.7 Å². The molecule has 0 saturated carbocycles. The van der Waals surface area contributed by atoms with Gasteiger partial charge in [-0.25, -0.2) is 8.42 Å². The first-order valence-corrected chi connectivity index (χ1v) is 11.3. The van der Waals surface area contributed by atoms with E-state index in [1.54, 1.807) is 25.1 Å². The number of ether oxygens (including phenoxy) is 1. The molecule has 0 aliphatic carbocycles. The lowest BCUT2D eigenvalue weighted by molar-refractivity contribution is -0.126. The van der Waals surface area contributed by atoms with Crippen LogP contribution in [0.3, 0.4) is 0 Å². The molecule has 3 atom stereocenters. The number of hydrogen-bond acceptors (Lipinski definition) is 5. The second-order valence-electron chi connectivity index (χ2n) is 7.45. The summed E-state index contributed by atoms with van der Waals surface area (Å²) < 4.78 is 32.9. The van der Waals surface area contributed by atoms with Crippen molar-refractivity contribution in [3.63, 3.8) is 0 Å². The fraction of sp³-hybridized carbons (Fsp3) is 0.650. The van der Waals surface area contributed by atoms with Crippen LogP contribution in [-0.2, 0) is 19.6 Å². The van der Waals surface area contributed by atoms with Gasteiger partial charge in [-0.3, -0.25) is 9.69 Å². The number of carbonyl (C=O) groups excluding carboxylic acids is 1. The van der Waals surface area contributed by atoms with Crippen molar-refractivity contribution >= 4 is 21.6 Å². The van der Waals surface area contributed by atoms with Gasteiger partial charge in [-0.05, 0) is 45.4 Å². The number of aryl methyl sites for hydroxylation is 1. The SMILES string of the molecule is CCN(CC)S(=O)(=O)c1cc(NC(=O)[C@@H](C)N2C[C@H](C)O[C@@H](C)C2)ccc1C. The summed E-state index contributed by atoms with van der Waals surface area (Å²) >= 11 is 0. The largest absolute Gasteiger partial charge is 0.373 e. The van der Waals surface area contributed by atoms with Crippen LogP contribution in [0.25, 0.3) is 0 Å². The topological polar surface area (TPSA) is 79.0 Å². The molecule has 158 valence electrons. The van der Waals surface area contributed by atoms with Crippen molar-refractivity contribution in [3.05, 3.63) is 23.8 Å². The standard InChI is InChI=1S/C20H33N3O4S/c1-7-23(8-2)28(25,26)19-11-18(10-9-14(19)3)21-20(24)17(6)22-12-15(4)27-16(5)13-22/h9-11,15-17H,7-8,12-13H2,1-6H3,(H,21,24)/t15-,16-,17+/m0/s1. The summed E-state index contributed by atoms with van der Waals surface area (Å²) in [5.74, 6) is -0.156. The first kappa shape index (κ1) is 22.8. The number of sulfonamides is 1. The Morgan fingerprint density at radius 2 is 1.82 bits per heavy atom. The van der Waals surface area contributed by atoms with Crippen LogP contribution in [0.4, 0.5) is 5.69 Å². The number of morpholine rings is 1. The maximum atomic E-state index is 12.9. The second kappa shape index (κ2) is 9.35. The van der Waals surface area contributed by atoms with E-state index in [9.17, 15) is 13.2 Å². The lowest BCUT2D eigenvalue weighted by Crippen LogP contribution is -2.52. The van der Waals surface area contributed by atoms with E-state index in [0.29, 0.717) is 37.4 Å². The number of nitrogens with zero attached hydrogens (tertiary/aromatic N) is 2. The van der Waals surface area contributed by atoms with Gasteiger partial charge in [0.05, 0.1) is 23.1 Å². The molecule has 1 saturated heterocycles. The predicted molar refractivity (Wildman–Crippen MR) is 111 cm³/mol. The predicted octanol–water partition coefficient (Wildman–Crippen LogP) is 2.46. The highest BCUT2D eigenvalue weighted by atomic mass is 32.2. The summed E-state index contributed by atoms with van der Waals surface area (Å²) in [7, 11) is -3.59. The average Bonchev–Trinajstić information content (AvgIpc) is 2.62. The average molecular weight is 412 g/mol. The molecule has 0 spiro atoms. The Hall–Kier alpha value is -1.48. The molecule has 1 N–H and O–H groups in total. The highest BCUT2D eigenvalue weighted by Gasteiger charge is 2.30. The Labute approximate surface area is 169 Å². The normalized spacial score (nSPS) is 22.2. The molecule has 1 heterocycles. The van der Waals surface area contributed by atoms with E-state index in [2.05, 4.69) is 10.2 Å². The minimum Gasteiger partial charge on any atom is -0.373 e. The zero-order valence-electron chi connectivity index (χ0n) is 17.7. The van der Waals surface area contributed by atoms with Gasteiger partial charge in [0.1, 0.15) is 0 Å². The van der Waals surface area contributed by atoms with E-state index in [0.717, 1.165) is 0 Å². The van der Waals surface area contributed by atoms with Crippen LogP contribution in [0, 0.1) is 6.92 Å². The van der Waals surface area contributed by atoms with Gasteiger partial charge in [0.15, 0.2) is 0 Å². The third-order valence-electron chi connectivity index (χ3n) is 5.15. The molecule has 1 aliphatic rings. The molecule has 0 unspecified atom stereocenters. The van der Waals surface area contributed by atoms with E-state index in [1.165, 1.54) is 4.31 Å². The molecule has 1 aromatic carbocycles. The van der Waals surface area contributed by atoms with Crippen LogP contribution in [0.1, 0.15) is 40.2 Å². The summed E-state index contributed by atoms with van der Waals surface area (Å²) in [6.07, 6.45) is 0.147. The summed E-state index contributed by atoms with van der Waals surface area (Å²) in [4.78, 5) is 15.1. The number of benzene rings is 1. The molecule has 0 aromatic heterocycles. The van der Waals surface area contributed by atoms with Crippen molar-refractivity contribution in [2.75, 3.05) is 31.5 Å². The minimum absolute atomic E-state index is 0.0733. The Morgan fingerprint density at radius 1 is 1.25 bits per heavy atom. The van der Waals surface area contributed by atoms with Gasteiger partial charge in [0, 0.05) is 31.9 Å². The van der Waals surface area contributed by atoms with Crippen LogP contribution in [-0.4, -0.2) is 68.0 Å². The number of carbonyl (C=O) groups is 1. The number of anilines is 1. The number of nitrogens with one attached hydrogen (secondary N) is 1. The van der Waals surface area contributed by atoms with Crippen LogP contribution >= 0.6 is 0 Å². The van der Waals surface area contributed by atoms with Crippen molar-refractivity contribution in [1.82, 2.24) is 9.21 Å². The third-order valence-corrected chi connectivity index (χ3v) is 7.35. The zero-order chi connectivity index (χ0) is 21.1. The van der Waals surface area contributed by atoms with Crippen molar-refractivity contribution < 1.29 is 17.9 Å². The van der Waals surface area contributed by atoms with Crippen LogP contribution < -0.4 is 5.32 Å². The van der Waals surface area contributed by atoms with Gasteiger partial charge in [-0.15, -0.1) is 0 Å². The Balaban J connectivity index is 2.19. The van der Waals surface area contributed by atoms with Crippen LogP contribution in [0.5, 0.6) is 0 Å². The van der Waals surface area contributed by atoms with Gasteiger partial charge < -0.3 is 10.1 Å². The van der Waals surface area contributed by atoms with Crippen molar-refractivity contribution in [2.24, 2.45) is 0 Å². The Morgan fingerprint density at radius 3 is 2.36 bits per heavy atom. The fourth-order valence-electron chi connectivity index (χ4n) is 3.60. The maximum absolute atomic E-state index is 12.9. The summed E-state index contributed by atoms with van der Waals surface area (Å²) in [6.45, 7) is 13.4. The molecule has 1 amide bonds. The molecule has 8 heteroatoms. The molecule has 7 nitrogen and oxygen atoms in total. The smallest absolute Gasteiger partial charge is 0.243 e. The van der Waals surface area contributed by atoms with E-state index in [4.69, 9.17) is 4.74 Å². The Kier molecular flexibility index (Phi) is 7.61. The molecular formula is C20H33N3O4S. The molecule has 1 aromatic rings. The van der Waals surface area contributed by atoms with E-state index >= 15 is 0 Å². The second-order valence-corrected chi connectivity index (χ2v) is 9.35. The molecule has 28 heavy (non-hydrogen) atoms. The number of rotatable bonds is 7. The van der Waals surface area contributed by atoms with Crippen LogP contribution in [0.2, 0.25) is 0 Å². The first-order chi connectivity index (χ1) is 13.1.